The number of alkyl halides is 2. The van der Waals surface area contributed by atoms with Gasteiger partial charge < -0.3 is 10.1 Å². The first-order chi connectivity index (χ1) is 17.2. The maximum absolute atomic E-state index is 14.8. The van der Waals surface area contributed by atoms with E-state index in [2.05, 4.69) is 10.3 Å². The Bertz CT molecular complexity index is 1320. The molecule has 1 aliphatic heterocycles. The van der Waals surface area contributed by atoms with E-state index in [9.17, 15) is 27.6 Å². The summed E-state index contributed by atoms with van der Waals surface area (Å²) in [4.78, 5) is 43.0. The smallest absolute Gasteiger partial charge is 0.317 e. The first-order valence-corrected chi connectivity index (χ1v) is 11.2. The molecule has 1 fully saturated rings. The van der Waals surface area contributed by atoms with Crippen LogP contribution in [-0.4, -0.2) is 52.4 Å². The summed E-state index contributed by atoms with van der Waals surface area (Å²) in [5.41, 5.74) is -0.307. The molecule has 188 valence electrons. The van der Waals surface area contributed by atoms with Crippen LogP contribution in [0.1, 0.15) is 0 Å². The Balaban J connectivity index is 1.52. The highest BCUT2D eigenvalue weighted by Gasteiger charge is 2.43. The molecule has 1 amide bonds. The lowest BCUT2D eigenvalue weighted by atomic mass is 9.95. The van der Waals surface area contributed by atoms with Crippen LogP contribution >= 0.6 is 11.6 Å². The molecule has 36 heavy (non-hydrogen) atoms. The van der Waals surface area contributed by atoms with E-state index in [0.717, 1.165) is 6.07 Å². The van der Waals surface area contributed by atoms with Crippen molar-refractivity contribution in [1.82, 2.24) is 14.5 Å². The van der Waals surface area contributed by atoms with Gasteiger partial charge in [-0.15, -0.1) is 0 Å². The third-order valence-corrected chi connectivity index (χ3v) is 5.87. The molecule has 12 heteroatoms. The average Bonchev–Trinajstić information content (AvgIpc) is 3.25. The standard InChI is InChI=1S/C24H20ClF3N4O4/c25-14-4-7-21(29-10-14)36-24(35)17-12-31(13-20(27)28)11-16(17)23(34)30-19-6-5-15(9-18(19)26)32-8-2-1-3-22(32)33/h1-10,16-17,20H,11-13H2,(H,30,34)/t16-,17-/m0/s1. The molecule has 4 rings (SSSR count). The summed E-state index contributed by atoms with van der Waals surface area (Å²) in [6.45, 7) is -0.933. The number of amides is 1. The maximum Gasteiger partial charge on any atom is 0.317 e. The van der Waals surface area contributed by atoms with Crippen molar-refractivity contribution in [3.05, 3.63) is 82.1 Å². The van der Waals surface area contributed by atoms with Gasteiger partial charge in [-0.1, -0.05) is 17.7 Å². The minimum absolute atomic E-state index is 0.0614. The number of hydrogen-bond donors (Lipinski definition) is 1. The van der Waals surface area contributed by atoms with E-state index in [1.807, 2.05) is 0 Å². The highest BCUT2D eigenvalue weighted by atomic mass is 35.5. The van der Waals surface area contributed by atoms with E-state index in [0.29, 0.717) is 5.02 Å². The lowest BCUT2D eigenvalue weighted by Gasteiger charge is -2.17. The third-order valence-electron chi connectivity index (χ3n) is 5.65. The van der Waals surface area contributed by atoms with Gasteiger partial charge in [0.25, 0.3) is 12.0 Å². The van der Waals surface area contributed by atoms with Crippen molar-refractivity contribution in [2.45, 2.75) is 6.43 Å². The van der Waals surface area contributed by atoms with Gasteiger partial charge in [-0.3, -0.25) is 23.9 Å². The molecule has 3 aromatic rings. The zero-order chi connectivity index (χ0) is 25.8. The zero-order valence-corrected chi connectivity index (χ0v) is 19.4. The van der Waals surface area contributed by atoms with Gasteiger partial charge in [-0.25, -0.2) is 18.2 Å². The van der Waals surface area contributed by atoms with Crippen molar-refractivity contribution in [3.63, 3.8) is 0 Å². The lowest BCUT2D eigenvalue weighted by molar-refractivity contribution is -0.142. The normalized spacial score (nSPS) is 17.8. The number of hydrogen-bond acceptors (Lipinski definition) is 6. The molecule has 1 saturated heterocycles. The van der Waals surface area contributed by atoms with Gasteiger partial charge in [0.05, 0.1) is 34.8 Å². The Morgan fingerprint density at radius 3 is 2.58 bits per heavy atom. The second-order valence-corrected chi connectivity index (χ2v) is 8.56. The number of ether oxygens (including phenoxy) is 1. The Hall–Kier alpha value is -3.70. The molecule has 1 aliphatic rings. The van der Waals surface area contributed by atoms with Gasteiger partial charge in [-0.05, 0) is 24.3 Å². The number of esters is 1. The monoisotopic (exact) mass is 520 g/mol. The molecule has 1 aromatic carbocycles. The number of carbonyl (C=O) groups excluding carboxylic acids is 2. The van der Waals surface area contributed by atoms with Gasteiger partial charge >= 0.3 is 5.97 Å². The summed E-state index contributed by atoms with van der Waals surface area (Å²) >= 11 is 5.77. The summed E-state index contributed by atoms with van der Waals surface area (Å²) in [7, 11) is 0. The fourth-order valence-electron chi connectivity index (χ4n) is 3.96. The van der Waals surface area contributed by atoms with Crippen LogP contribution in [0.5, 0.6) is 5.88 Å². The number of nitrogens with zero attached hydrogens (tertiary/aromatic N) is 3. The maximum atomic E-state index is 14.8. The summed E-state index contributed by atoms with van der Waals surface area (Å²) in [5.74, 6) is -4.62. The fraction of sp³-hybridized carbons (Fsp3) is 0.250. The Kier molecular flexibility index (Phi) is 7.70. The van der Waals surface area contributed by atoms with Crippen LogP contribution in [0.3, 0.4) is 0 Å². The number of likely N-dealkylation sites (tertiary alicyclic amines) is 1. The van der Waals surface area contributed by atoms with Crippen LogP contribution in [0, 0.1) is 17.7 Å². The van der Waals surface area contributed by atoms with Crippen molar-refractivity contribution in [1.29, 1.82) is 0 Å². The van der Waals surface area contributed by atoms with Crippen LogP contribution in [0.25, 0.3) is 5.69 Å². The van der Waals surface area contributed by atoms with E-state index in [4.69, 9.17) is 16.3 Å². The van der Waals surface area contributed by atoms with Gasteiger partial charge in [0.2, 0.25) is 11.8 Å². The minimum atomic E-state index is -2.67. The highest BCUT2D eigenvalue weighted by molar-refractivity contribution is 6.30. The second-order valence-electron chi connectivity index (χ2n) is 8.12. The van der Waals surface area contributed by atoms with E-state index in [-0.39, 0.29) is 35.9 Å². The lowest BCUT2D eigenvalue weighted by Crippen LogP contribution is -2.35. The first kappa shape index (κ1) is 25.4. The summed E-state index contributed by atoms with van der Waals surface area (Å²) in [6.07, 6.45) is 0.0621. The number of carbonyl (C=O) groups is 2. The molecule has 0 aliphatic carbocycles. The van der Waals surface area contributed by atoms with Crippen molar-refractivity contribution >= 4 is 29.2 Å². The number of pyridine rings is 2. The van der Waals surface area contributed by atoms with Crippen LogP contribution in [0.15, 0.2) is 65.7 Å². The second kappa shape index (κ2) is 10.9. The molecular formula is C24H20ClF3N4O4. The van der Waals surface area contributed by atoms with Crippen LogP contribution < -0.4 is 15.6 Å². The molecule has 2 aromatic heterocycles. The molecule has 0 radical (unpaired) electrons. The summed E-state index contributed by atoms with van der Waals surface area (Å²) in [5, 5.41) is 2.74. The molecule has 0 bridgehead atoms. The first-order valence-electron chi connectivity index (χ1n) is 10.8. The van der Waals surface area contributed by atoms with Crippen LogP contribution in [0.4, 0.5) is 18.9 Å². The fourth-order valence-corrected chi connectivity index (χ4v) is 4.07. The molecule has 0 saturated carbocycles. The molecule has 3 heterocycles. The van der Waals surface area contributed by atoms with Crippen molar-refractivity contribution in [3.8, 4) is 11.6 Å². The van der Waals surface area contributed by atoms with Crippen molar-refractivity contribution in [2.24, 2.45) is 11.8 Å². The Morgan fingerprint density at radius 1 is 1.14 bits per heavy atom. The third kappa shape index (κ3) is 5.92. The highest BCUT2D eigenvalue weighted by Crippen LogP contribution is 2.28. The number of rotatable bonds is 7. The Labute approximate surface area is 208 Å². The van der Waals surface area contributed by atoms with E-state index >= 15 is 0 Å². The molecule has 0 unspecified atom stereocenters. The van der Waals surface area contributed by atoms with Gasteiger partial charge in [0, 0.05) is 43.7 Å². The Morgan fingerprint density at radius 2 is 1.92 bits per heavy atom. The van der Waals surface area contributed by atoms with Crippen molar-refractivity contribution < 1.29 is 27.5 Å². The summed E-state index contributed by atoms with van der Waals surface area (Å²) in [6, 6.07) is 11.1. The zero-order valence-electron chi connectivity index (χ0n) is 18.6. The van der Waals surface area contributed by atoms with Crippen LogP contribution in [0.2, 0.25) is 5.02 Å². The van der Waals surface area contributed by atoms with E-state index < -0.39 is 42.5 Å². The average molecular weight is 521 g/mol. The van der Waals surface area contributed by atoms with Gasteiger partial charge in [0.1, 0.15) is 5.82 Å². The van der Waals surface area contributed by atoms with Crippen LogP contribution in [-0.2, 0) is 9.59 Å². The number of anilines is 1. The predicted molar refractivity (Wildman–Crippen MR) is 125 cm³/mol. The molecule has 8 nitrogen and oxygen atoms in total. The number of nitrogens with one attached hydrogen (secondary N) is 1. The van der Waals surface area contributed by atoms with Gasteiger partial charge in [-0.2, -0.15) is 0 Å². The largest absolute Gasteiger partial charge is 0.407 e. The van der Waals surface area contributed by atoms with E-state index in [1.54, 1.807) is 12.1 Å². The quantitative estimate of drug-likeness (QED) is 0.480. The van der Waals surface area contributed by atoms with Crippen molar-refractivity contribution in [2.75, 3.05) is 25.0 Å². The summed E-state index contributed by atoms with van der Waals surface area (Å²) < 4.78 is 47.2. The number of halogens is 4. The molecule has 0 spiro atoms. The SMILES string of the molecule is O=C(Nc1ccc(-n2ccccc2=O)cc1F)[C@H]1CN(CC(F)F)C[C@@H]1C(=O)Oc1ccc(Cl)cn1. The minimum Gasteiger partial charge on any atom is -0.407 e. The predicted octanol–water partition coefficient (Wildman–Crippen LogP) is 3.38. The molecule has 2 atom stereocenters. The van der Waals surface area contributed by atoms with E-state index in [1.165, 1.54) is 52.2 Å². The van der Waals surface area contributed by atoms with Gasteiger partial charge in [0.15, 0.2) is 0 Å². The molecule has 1 N–H and O–H groups in total. The number of benzene rings is 1. The molecular weight excluding hydrogens is 501 g/mol. The number of aromatic nitrogens is 2. The topological polar surface area (TPSA) is 93.5 Å².